The van der Waals surface area contributed by atoms with Crippen LogP contribution in [0.3, 0.4) is 0 Å². The van der Waals surface area contributed by atoms with Crippen LogP contribution in [0.25, 0.3) is 0 Å². The van der Waals surface area contributed by atoms with Crippen LogP contribution in [0.2, 0.25) is 0 Å². The lowest BCUT2D eigenvalue weighted by Gasteiger charge is -2.35. The molecular weight excluding hydrogens is 480 g/mol. The summed E-state index contributed by atoms with van der Waals surface area (Å²) in [7, 11) is 0. The van der Waals surface area contributed by atoms with Crippen molar-refractivity contribution in [3.05, 3.63) is 90.0 Å². The molecule has 10 nitrogen and oxygen atoms in total. The van der Waals surface area contributed by atoms with Gasteiger partial charge in [0.15, 0.2) is 0 Å². The van der Waals surface area contributed by atoms with Crippen molar-refractivity contribution >= 4 is 23.5 Å². The highest BCUT2D eigenvalue weighted by Crippen LogP contribution is 2.31. The lowest BCUT2D eigenvalue weighted by atomic mass is 9.79. The first-order chi connectivity index (χ1) is 18.4. The summed E-state index contributed by atoms with van der Waals surface area (Å²) in [6.07, 6.45) is 4.47. The van der Waals surface area contributed by atoms with Crippen molar-refractivity contribution in [2.24, 2.45) is 0 Å². The first kappa shape index (κ1) is 25.5. The second-order valence-corrected chi connectivity index (χ2v) is 9.79. The Morgan fingerprint density at radius 2 is 1.45 bits per heavy atom. The Morgan fingerprint density at radius 1 is 0.816 bits per heavy atom. The molecule has 0 unspecified atom stereocenters. The van der Waals surface area contributed by atoms with Gasteiger partial charge in [-0.3, -0.25) is 0 Å². The topological polar surface area (TPSA) is 123 Å². The smallest absolute Gasteiger partial charge is 0.231 e. The maximum absolute atomic E-state index is 9.75. The van der Waals surface area contributed by atoms with Crippen molar-refractivity contribution in [2.75, 3.05) is 47.9 Å². The van der Waals surface area contributed by atoms with Gasteiger partial charge in [-0.05, 0) is 28.8 Å². The van der Waals surface area contributed by atoms with E-state index in [9.17, 15) is 5.11 Å². The molecule has 5 rings (SSSR count). The predicted molar refractivity (Wildman–Crippen MR) is 147 cm³/mol. The molecule has 3 heterocycles. The third-order valence-corrected chi connectivity index (χ3v) is 6.98. The molecule has 2 aromatic heterocycles. The Kier molecular flexibility index (Phi) is 7.43. The average molecular weight is 513 g/mol. The van der Waals surface area contributed by atoms with Gasteiger partial charge >= 0.3 is 0 Å². The molecule has 1 aliphatic heterocycles. The number of piperazine rings is 1. The molecule has 1 saturated heterocycles. The highest BCUT2D eigenvalue weighted by atomic mass is 16.3. The van der Waals surface area contributed by atoms with Crippen LogP contribution in [0.4, 0.5) is 23.5 Å². The van der Waals surface area contributed by atoms with E-state index in [0.29, 0.717) is 17.5 Å². The zero-order valence-corrected chi connectivity index (χ0v) is 21.6. The third kappa shape index (κ3) is 5.56. The number of benzene rings is 2. The Balaban J connectivity index is 1.20. The molecule has 1 aliphatic rings. The highest BCUT2D eigenvalue weighted by Gasteiger charge is 2.25. The van der Waals surface area contributed by atoms with E-state index < -0.39 is 6.10 Å². The number of rotatable bonds is 8. The maximum Gasteiger partial charge on any atom is 0.231 e. The van der Waals surface area contributed by atoms with E-state index in [4.69, 9.17) is 15.1 Å². The minimum atomic E-state index is -0.893. The van der Waals surface area contributed by atoms with Crippen LogP contribution in [0.1, 0.15) is 36.6 Å². The molecule has 0 aliphatic carbocycles. The van der Waals surface area contributed by atoms with Crippen LogP contribution in [-0.4, -0.2) is 67.9 Å². The number of nitrogens with one attached hydrogen (secondary N) is 1. The van der Waals surface area contributed by atoms with E-state index in [2.05, 4.69) is 68.2 Å². The largest absolute Gasteiger partial charge is 0.393 e. The van der Waals surface area contributed by atoms with Crippen molar-refractivity contribution in [1.29, 1.82) is 0 Å². The second-order valence-electron chi connectivity index (χ2n) is 9.79. The minimum absolute atomic E-state index is 0.175. The van der Waals surface area contributed by atoms with E-state index in [1.54, 1.807) is 12.1 Å². The summed E-state index contributed by atoms with van der Waals surface area (Å²) in [5, 5.41) is 22.0. The summed E-state index contributed by atoms with van der Waals surface area (Å²) in [4.78, 5) is 26.9. The quantitative estimate of drug-likeness (QED) is 0.324. The fraction of sp³-hybridized carbons (Fsp3) is 0.321. The normalized spacial score (nSPS) is 14.8. The molecule has 0 spiro atoms. The van der Waals surface area contributed by atoms with Crippen LogP contribution in [0.5, 0.6) is 0 Å². The number of aromatic nitrogens is 5. The molecule has 1 fully saturated rings. The zero-order chi connectivity index (χ0) is 26.5. The molecule has 10 heteroatoms. The molecule has 1 atom stereocenters. The first-order valence-electron chi connectivity index (χ1n) is 12.7. The van der Waals surface area contributed by atoms with Gasteiger partial charge in [-0.2, -0.15) is 4.98 Å². The highest BCUT2D eigenvalue weighted by molar-refractivity contribution is 5.55. The summed E-state index contributed by atoms with van der Waals surface area (Å²) in [5.41, 5.74) is 3.55. The van der Waals surface area contributed by atoms with Gasteiger partial charge < -0.3 is 25.3 Å². The summed E-state index contributed by atoms with van der Waals surface area (Å²) in [6, 6.07) is 17.5. The van der Waals surface area contributed by atoms with E-state index in [1.807, 2.05) is 30.6 Å². The van der Waals surface area contributed by atoms with Crippen molar-refractivity contribution in [2.45, 2.75) is 25.4 Å². The molecular formula is C28H32N8O2. The molecule has 38 heavy (non-hydrogen) atoms. The fourth-order valence-corrected chi connectivity index (χ4v) is 4.46. The number of nitrogens with zero attached hydrogens (tertiary/aromatic N) is 7. The van der Waals surface area contributed by atoms with Gasteiger partial charge in [0.05, 0.1) is 6.61 Å². The van der Waals surface area contributed by atoms with Gasteiger partial charge in [-0.1, -0.05) is 56.3 Å². The van der Waals surface area contributed by atoms with Gasteiger partial charge in [-0.25, -0.2) is 19.9 Å². The van der Waals surface area contributed by atoms with Crippen LogP contribution in [0, 0.1) is 0 Å². The summed E-state index contributed by atoms with van der Waals surface area (Å²) in [5.74, 6) is 1.77. The van der Waals surface area contributed by atoms with E-state index in [1.165, 1.54) is 11.9 Å². The second kappa shape index (κ2) is 11.1. The number of aliphatic hydroxyl groups excluding tert-OH is 2. The summed E-state index contributed by atoms with van der Waals surface area (Å²) < 4.78 is 0. The van der Waals surface area contributed by atoms with Crippen molar-refractivity contribution < 1.29 is 10.2 Å². The van der Waals surface area contributed by atoms with Crippen LogP contribution < -0.4 is 15.1 Å². The Labute approximate surface area is 222 Å². The molecule has 0 bridgehead atoms. The first-order valence-corrected chi connectivity index (χ1v) is 12.7. The number of anilines is 4. The lowest BCUT2D eigenvalue weighted by Crippen LogP contribution is -2.47. The molecule has 2 aromatic carbocycles. The molecule has 0 saturated carbocycles. The van der Waals surface area contributed by atoms with Crippen molar-refractivity contribution in [3.63, 3.8) is 0 Å². The lowest BCUT2D eigenvalue weighted by molar-refractivity contribution is 0.0956. The third-order valence-electron chi connectivity index (χ3n) is 6.98. The van der Waals surface area contributed by atoms with Crippen molar-refractivity contribution in [1.82, 2.24) is 24.9 Å². The van der Waals surface area contributed by atoms with E-state index in [-0.39, 0.29) is 12.0 Å². The maximum atomic E-state index is 9.75. The van der Waals surface area contributed by atoms with Crippen LogP contribution in [-0.2, 0) is 5.41 Å². The molecule has 0 amide bonds. The Morgan fingerprint density at radius 3 is 2.08 bits per heavy atom. The minimum Gasteiger partial charge on any atom is -0.393 e. The summed E-state index contributed by atoms with van der Waals surface area (Å²) >= 11 is 0. The average Bonchev–Trinajstić information content (AvgIpc) is 2.98. The van der Waals surface area contributed by atoms with Crippen molar-refractivity contribution in [3.8, 4) is 0 Å². The summed E-state index contributed by atoms with van der Waals surface area (Å²) in [6.45, 7) is 7.04. The number of hydrogen-bond donors (Lipinski definition) is 3. The Bertz CT molecular complexity index is 1330. The number of hydrogen-bond acceptors (Lipinski definition) is 10. The van der Waals surface area contributed by atoms with Crippen LogP contribution >= 0.6 is 0 Å². The van der Waals surface area contributed by atoms with Gasteiger partial charge in [0.1, 0.15) is 12.4 Å². The van der Waals surface area contributed by atoms with E-state index in [0.717, 1.165) is 43.4 Å². The molecule has 4 aromatic rings. The van der Waals surface area contributed by atoms with Gasteiger partial charge in [0.25, 0.3) is 0 Å². The van der Waals surface area contributed by atoms with Crippen LogP contribution in [0.15, 0.2) is 73.3 Å². The fourth-order valence-electron chi connectivity index (χ4n) is 4.46. The van der Waals surface area contributed by atoms with E-state index >= 15 is 0 Å². The SMILES string of the molecule is CC(C)(c1ccccc1)c1cnc(N2CCN(c3ncnc(Nc4ccc([C@@H](O)CO)cc4)n3)CC2)nc1. The van der Waals surface area contributed by atoms with Gasteiger partial charge in [0.2, 0.25) is 17.8 Å². The van der Waals surface area contributed by atoms with Gasteiger partial charge in [0, 0.05) is 49.7 Å². The Hall–Kier alpha value is -4.15. The predicted octanol–water partition coefficient (Wildman–Crippen LogP) is 3.08. The zero-order valence-electron chi connectivity index (χ0n) is 21.6. The standard InChI is InChI=1S/C28H32N8O2/c1-28(2,21-6-4-3-5-7-21)22-16-29-26(30-17-22)35-12-14-36(15-13-35)27-32-19-31-25(34-27)33-23-10-8-20(9-11-23)24(38)18-37/h3-11,16-17,19,24,37-38H,12-15,18H2,1-2H3,(H,31,32,33,34)/t24-/m0/s1. The number of aliphatic hydroxyl groups is 2. The molecule has 3 N–H and O–H groups in total. The molecule has 196 valence electrons. The monoisotopic (exact) mass is 512 g/mol. The van der Waals surface area contributed by atoms with Gasteiger partial charge in [-0.15, -0.1) is 0 Å². The molecule has 0 radical (unpaired) electrons.